The SMILES string of the molecule is CC1=C(C(=O)O)[C@@H](c2cccc(Cl)c2Cl)C(C(=O)OCOC(=O)C(C)(C)C)=C(C)N1. The zero-order valence-electron chi connectivity index (χ0n) is 17.3. The van der Waals surface area contributed by atoms with E-state index in [9.17, 15) is 19.5 Å². The van der Waals surface area contributed by atoms with Gasteiger partial charge in [-0.1, -0.05) is 35.3 Å². The summed E-state index contributed by atoms with van der Waals surface area (Å²) in [7, 11) is 0. The fraction of sp³-hybridized carbons (Fsp3) is 0.381. The number of hydrogen-bond acceptors (Lipinski definition) is 6. The van der Waals surface area contributed by atoms with Gasteiger partial charge in [-0.15, -0.1) is 0 Å². The highest BCUT2D eigenvalue weighted by Crippen LogP contribution is 2.43. The van der Waals surface area contributed by atoms with Crippen LogP contribution in [0.5, 0.6) is 0 Å². The first-order valence-electron chi connectivity index (χ1n) is 9.06. The van der Waals surface area contributed by atoms with Crippen LogP contribution in [-0.2, 0) is 23.9 Å². The molecule has 0 spiro atoms. The first-order chi connectivity index (χ1) is 13.9. The Morgan fingerprint density at radius 1 is 1.07 bits per heavy atom. The molecule has 2 N–H and O–H groups in total. The second-order valence-electron chi connectivity index (χ2n) is 7.82. The van der Waals surface area contributed by atoms with E-state index in [1.165, 1.54) is 0 Å². The molecule has 162 valence electrons. The van der Waals surface area contributed by atoms with E-state index < -0.39 is 36.0 Å². The number of hydrogen-bond donors (Lipinski definition) is 2. The molecule has 1 atom stereocenters. The topological polar surface area (TPSA) is 102 Å². The predicted molar refractivity (Wildman–Crippen MR) is 112 cm³/mol. The van der Waals surface area contributed by atoms with Crippen molar-refractivity contribution in [2.45, 2.75) is 40.5 Å². The number of carbonyl (C=O) groups excluding carboxylic acids is 2. The molecular formula is C21H23Cl2NO6. The molecular weight excluding hydrogens is 433 g/mol. The summed E-state index contributed by atoms with van der Waals surface area (Å²) < 4.78 is 10.1. The number of aliphatic carboxylic acids is 1. The molecule has 1 heterocycles. The Morgan fingerprint density at radius 3 is 2.23 bits per heavy atom. The lowest BCUT2D eigenvalue weighted by Gasteiger charge is -2.30. The first-order valence-corrected chi connectivity index (χ1v) is 9.82. The molecule has 0 radical (unpaired) electrons. The molecule has 1 aromatic carbocycles. The summed E-state index contributed by atoms with van der Waals surface area (Å²) in [6, 6.07) is 4.77. The lowest BCUT2D eigenvalue weighted by molar-refractivity contribution is -0.171. The van der Waals surface area contributed by atoms with Crippen molar-refractivity contribution in [3.05, 3.63) is 56.3 Å². The fourth-order valence-corrected chi connectivity index (χ4v) is 3.45. The van der Waals surface area contributed by atoms with Gasteiger partial charge in [0.25, 0.3) is 0 Å². The molecule has 7 nitrogen and oxygen atoms in total. The molecule has 1 aromatic rings. The van der Waals surface area contributed by atoms with Gasteiger partial charge >= 0.3 is 17.9 Å². The maximum atomic E-state index is 12.9. The van der Waals surface area contributed by atoms with Gasteiger partial charge in [0.05, 0.1) is 32.5 Å². The summed E-state index contributed by atoms with van der Waals surface area (Å²) in [5.41, 5.74) is 0.307. The van der Waals surface area contributed by atoms with E-state index >= 15 is 0 Å². The normalized spacial score (nSPS) is 16.8. The summed E-state index contributed by atoms with van der Waals surface area (Å²) in [6.45, 7) is 7.60. The molecule has 1 aliphatic rings. The van der Waals surface area contributed by atoms with Gasteiger partial charge in [0.2, 0.25) is 6.79 Å². The van der Waals surface area contributed by atoms with Gasteiger partial charge in [0, 0.05) is 11.4 Å². The van der Waals surface area contributed by atoms with Gasteiger partial charge in [-0.3, -0.25) is 4.79 Å². The minimum Gasteiger partial charge on any atom is -0.478 e. The van der Waals surface area contributed by atoms with Crippen LogP contribution >= 0.6 is 23.2 Å². The number of allylic oxidation sites excluding steroid dienone is 2. The van der Waals surface area contributed by atoms with Crippen LogP contribution in [0.25, 0.3) is 0 Å². The van der Waals surface area contributed by atoms with Crippen molar-refractivity contribution in [3.63, 3.8) is 0 Å². The molecule has 0 aromatic heterocycles. The molecule has 0 saturated carbocycles. The number of halogens is 2. The number of rotatable bonds is 5. The van der Waals surface area contributed by atoms with Crippen LogP contribution in [0.15, 0.2) is 40.7 Å². The molecule has 0 fully saturated rings. The number of carbonyl (C=O) groups is 3. The quantitative estimate of drug-likeness (QED) is 0.500. The predicted octanol–water partition coefficient (Wildman–Crippen LogP) is 4.40. The van der Waals surface area contributed by atoms with E-state index in [0.717, 1.165) is 0 Å². The standard InChI is InChI=1S/C21H23Cl2NO6/c1-10-14(18(25)26)16(12-7-6-8-13(22)17(12)23)15(11(2)24-10)19(27)29-9-30-20(28)21(3,4)5/h6-8,16,24H,9H2,1-5H3,(H,25,26)/t16-/m1/s1. The monoisotopic (exact) mass is 455 g/mol. The first kappa shape index (κ1) is 23.8. The molecule has 0 unspecified atom stereocenters. The molecule has 1 aliphatic heterocycles. The maximum Gasteiger partial charge on any atom is 0.339 e. The summed E-state index contributed by atoms with van der Waals surface area (Å²) in [4.78, 5) is 36.8. The largest absolute Gasteiger partial charge is 0.478 e. The van der Waals surface area contributed by atoms with Gasteiger partial charge in [-0.25, -0.2) is 9.59 Å². The summed E-state index contributed by atoms with van der Waals surface area (Å²) in [5, 5.41) is 13.1. The molecule has 9 heteroatoms. The third-order valence-electron chi connectivity index (χ3n) is 4.50. The van der Waals surface area contributed by atoms with Gasteiger partial charge in [-0.2, -0.15) is 0 Å². The van der Waals surface area contributed by atoms with Gasteiger partial charge < -0.3 is 19.9 Å². The summed E-state index contributed by atoms with van der Waals surface area (Å²) >= 11 is 12.5. The van der Waals surface area contributed by atoms with E-state index in [-0.39, 0.29) is 21.2 Å². The summed E-state index contributed by atoms with van der Waals surface area (Å²) in [6.07, 6.45) is 0. The van der Waals surface area contributed by atoms with Crippen molar-refractivity contribution in [2.75, 3.05) is 6.79 Å². The van der Waals surface area contributed by atoms with Crippen molar-refractivity contribution < 1.29 is 29.0 Å². The van der Waals surface area contributed by atoms with Gasteiger partial charge in [0.1, 0.15) is 0 Å². The van der Waals surface area contributed by atoms with Crippen LogP contribution in [0.4, 0.5) is 0 Å². The third kappa shape index (κ3) is 4.96. The highest BCUT2D eigenvalue weighted by Gasteiger charge is 2.38. The Balaban J connectivity index is 2.43. The van der Waals surface area contributed by atoms with E-state index in [0.29, 0.717) is 17.0 Å². The molecule has 0 amide bonds. The Labute approximate surface area is 184 Å². The molecule has 0 saturated heterocycles. The number of benzene rings is 1. The Bertz CT molecular complexity index is 959. The average molecular weight is 456 g/mol. The molecule has 0 aliphatic carbocycles. The Hall–Kier alpha value is -2.51. The van der Waals surface area contributed by atoms with Crippen LogP contribution in [-0.4, -0.2) is 29.8 Å². The Morgan fingerprint density at radius 2 is 1.67 bits per heavy atom. The molecule has 2 rings (SSSR count). The number of esters is 2. The Kier molecular flexibility index (Phi) is 7.21. The summed E-state index contributed by atoms with van der Waals surface area (Å²) in [5.74, 6) is -3.63. The van der Waals surface area contributed by atoms with Crippen LogP contribution in [0.3, 0.4) is 0 Å². The van der Waals surface area contributed by atoms with Gasteiger partial charge in [0.15, 0.2) is 0 Å². The van der Waals surface area contributed by atoms with Crippen molar-refractivity contribution in [1.82, 2.24) is 5.32 Å². The highest BCUT2D eigenvalue weighted by molar-refractivity contribution is 6.42. The van der Waals surface area contributed by atoms with Crippen LogP contribution < -0.4 is 5.32 Å². The van der Waals surface area contributed by atoms with E-state index in [2.05, 4.69) is 5.32 Å². The fourth-order valence-electron chi connectivity index (χ4n) is 3.03. The van der Waals surface area contributed by atoms with E-state index in [1.54, 1.807) is 52.8 Å². The zero-order chi connectivity index (χ0) is 22.8. The van der Waals surface area contributed by atoms with Crippen molar-refractivity contribution in [1.29, 1.82) is 0 Å². The number of carboxylic acid groups (broad SMARTS) is 1. The van der Waals surface area contributed by atoms with Crippen LogP contribution in [0, 0.1) is 5.41 Å². The maximum absolute atomic E-state index is 12.9. The number of ether oxygens (including phenoxy) is 2. The van der Waals surface area contributed by atoms with Gasteiger partial charge in [-0.05, 0) is 46.2 Å². The molecule has 0 bridgehead atoms. The average Bonchev–Trinajstić information content (AvgIpc) is 2.62. The van der Waals surface area contributed by atoms with Crippen LogP contribution in [0.2, 0.25) is 10.0 Å². The van der Waals surface area contributed by atoms with Crippen molar-refractivity contribution in [2.24, 2.45) is 5.41 Å². The zero-order valence-corrected chi connectivity index (χ0v) is 18.8. The lowest BCUT2D eigenvalue weighted by atomic mass is 9.80. The van der Waals surface area contributed by atoms with Crippen molar-refractivity contribution in [3.8, 4) is 0 Å². The number of nitrogens with one attached hydrogen (secondary N) is 1. The third-order valence-corrected chi connectivity index (χ3v) is 5.33. The molecule has 30 heavy (non-hydrogen) atoms. The number of dihydropyridines is 1. The number of carboxylic acids is 1. The van der Waals surface area contributed by atoms with Crippen LogP contribution in [0.1, 0.15) is 46.1 Å². The second-order valence-corrected chi connectivity index (χ2v) is 8.60. The highest BCUT2D eigenvalue weighted by atomic mass is 35.5. The van der Waals surface area contributed by atoms with E-state index in [1.807, 2.05) is 0 Å². The van der Waals surface area contributed by atoms with Crippen molar-refractivity contribution >= 4 is 41.1 Å². The minimum absolute atomic E-state index is 0.0361. The minimum atomic E-state index is -1.22. The van der Waals surface area contributed by atoms with E-state index in [4.69, 9.17) is 32.7 Å². The lowest BCUT2D eigenvalue weighted by Crippen LogP contribution is -2.32. The smallest absolute Gasteiger partial charge is 0.339 e. The second kappa shape index (κ2) is 9.10.